The normalized spacial score (nSPS) is 29.8. The molecule has 20 heavy (non-hydrogen) atoms. The van der Waals surface area contributed by atoms with Gasteiger partial charge in [0.2, 0.25) is 0 Å². The fraction of sp³-hybridized carbons (Fsp3) is 0.857. The van der Waals surface area contributed by atoms with Crippen molar-refractivity contribution in [3.8, 4) is 0 Å². The van der Waals surface area contributed by atoms with E-state index >= 15 is 0 Å². The van der Waals surface area contributed by atoms with E-state index in [1.165, 1.54) is 30.6 Å². The third kappa shape index (κ3) is 2.75. The molecule has 3 aliphatic rings. The average molecular weight is 282 g/mol. The van der Waals surface area contributed by atoms with Gasteiger partial charge in [-0.3, -0.25) is 0 Å². The molecule has 2 atom stereocenters. The van der Waals surface area contributed by atoms with Crippen molar-refractivity contribution in [1.82, 2.24) is 10.2 Å². The fourth-order valence-electron chi connectivity index (χ4n) is 3.18. The van der Waals surface area contributed by atoms with Gasteiger partial charge >= 0.3 is 12.0 Å². The van der Waals surface area contributed by atoms with E-state index in [-0.39, 0.29) is 18.2 Å². The number of likely N-dealkylation sites (tertiary alicyclic amines) is 1. The number of aliphatic carboxylic acids is 1. The van der Waals surface area contributed by atoms with E-state index in [0.717, 1.165) is 0 Å². The maximum absolute atomic E-state index is 12.4. The number of carbonyl (C=O) groups is 2. The highest BCUT2D eigenvalue weighted by molar-refractivity contribution is 5.83. The van der Waals surface area contributed by atoms with E-state index in [9.17, 15) is 14.7 Å². The molecule has 112 valence electrons. The van der Waals surface area contributed by atoms with E-state index in [1.807, 2.05) is 0 Å². The van der Waals surface area contributed by atoms with Crippen LogP contribution in [0.1, 0.15) is 32.1 Å². The number of carboxylic acid groups (broad SMARTS) is 1. The summed E-state index contributed by atoms with van der Waals surface area (Å²) in [5.74, 6) is 0.264. The zero-order valence-corrected chi connectivity index (χ0v) is 11.7. The van der Waals surface area contributed by atoms with Crippen LogP contribution < -0.4 is 5.32 Å². The summed E-state index contributed by atoms with van der Waals surface area (Å²) in [6, 6.07) is -0.752. The average Bonchev–Trinajstić information content (AvgIpc) is 3.32. The maximum atomic E-state index is 12.4. The van der Waals surface area contributed by atoms with Gasteiger partial charge in [-0.1, -0.05) is 0 Å². The fourth-order valence-corrected chi connectivity index (χ4v) is 3.18. The van der Waals surface area contributed by atoms with Crippen LogP contribution in [-0.2, 0) is 9.53 Å². The zero-order valence-electron chi connectivity index (χ0n) is 11.7. The summed E-state index contributed by atoms with van der Waals surface area (Å²) in [4.78, 5) is 25.1. The molecule has 1 saturated heterocycles. The first-order chi connectivity index (χ1) is 9.60. The summed E-state index contributed by atoms with van der Waals surface area (Å²) >= 11 is 0. The van der Waals surface area contributed by atoms with E-state index in [4.69, 9.17) is 4.74 Å². The minimum atomic E-state index is -0.950. The molecule has 2 amide bonds. The third-order valence-corrected chi connectivity index (χ3v) is 4.69. The molecule has 0 radical (unpaired) electrons. The number of carbonyl (C=O) groups excluding carboxylic acids is 1. The Morgan fingerprint density at radius 3 is 2.30 bits per heavy atom. The van der Waals surface area contributed by atoms with Gasteiger partial charge in [-0.25, -0.2) is 9.59 Å². The predicted molar refractivity (Wildman–Crippen MR) is 71.3 cm³/mol. The van der Waals surface area contributed by atoms with Crippen molar-refractivity contribution < 1.29 is 19.4 Å². The standard InChI is InChI=1S/C14H22N2O4/c1-20-10-6-11(13(17)18)16(7-10)14(19)15-12(8-2-3-8)9-4-5-9/h8-12H,2-7H2,1H3,(H,15,19)(H,17,18). The van der Waals surface area contributed by atoms with Crippen molar-refractivity contribution in [3.63, 3.8) is 0 Å². The van der Waals surface area contributed by atoms with Gasteiger partial charge in [0.15, 0.2) is 0 Å². The molecular weight excluding hydrogens is 260 g/mol. The number of methoxy groups -OCH3 is 1. The Hall–Kier alpha value is -1.30. The van der Waals surface area contributed by atoms with Crippen molar-refractivity contribution in [3.05, 3.63) is 0 Å². The molecule has 3 fully saturated rings. The molecule has 1 aliphatic heterocycles. The van der Waals surface area contributed by atoms with Gasteiger partial charge in [0.1, 0.15) is 6.04 Å². The largest absolute Gasteiger partial charge is 0.480 e. The van der Waals surface area contributed by atoms with Gasteiger partial charge in [-0.15, -0.1) is 0 Å². The predicted octanol–water partition coefficient (Wildman–Crippen LogP) is 1.06. The molecule has 2 saturated carbocycles. The van der Waals surface area contributed by atoms with Crippen LogP contribution in [0.4, 0.5) is 4.79 Å². The first kappa shape index (κ1) is 13.7. The van der Waals surface area contributed by atoms with Crippen LogP contribution in [0, 0.1) is 11.8 Å². The van der Waals surface area contributed by atoms with E-state index in [1.54, 1.807) is 7.11 Å². The molecule has 2 N–H and O–H groups in total. The lowest BCUT2D eigenvalue weighted by molar-refractivity contribution is -0.141. The molecular formula is C14H22N2O4. The highest BCUT2D eigenvalue weighted by atomic mass is 16.5. The molecule has 1 heterocycles. The highest BCUT2D eigenvalue weighted by Gasteiger charge is 2.45. The molecule has 6 nitrogen and oxygen atoms in total. The second-order valence-electron chi connectivity index (χ2n) is 6.25. The van der Waals surface area contributed by atoms with Crippen LogP contribution in [0.5, 0.6) is 0 Å². The second-order valence-corrected chi connectivity index (χ2v) is 6.25. The molecule has 3 rings (SSSR count). The minimum Gasteiger partial charge on any atom is -0.480 e. The van der Waals surface area contributed by atoms with Crippen molar-refractivity contribution >= 4 is 12.0 Å². The lowest BCUT2D eigenvalue weighted by Gasteiger charge is -2.26. The number of carboxylic acids is 1. The van der Waals surface area contributed by atoms with E-state index in [2.05, 4.69) is 5.32 Å². The van der Waals surface area contributed by atoms with Crippen molar-refractivity contribution in [2.24, 2.45) is 11.8 Å². The molecule has 0 aromatic rings. The Bertz CT molecular complexity index is 394. The smallest absolute Gasteiger partial charge is 0.326 e. The summed E-state index contributed by atoms with van der Waals surface area (Å²) in [7, 11) is 1.56. The lowest BCUT2D eigenvalue weighted by atomic mass is 10.1. The Labute approximate surface area is 118 Å². The summed E-state index contributed by atoms with van der Waals surface area (Å²) in [5.41, 5.74) is 0. The summed E-state index contributed by atoms with van der Waals surface area (Å²) in [6.45, 7) is 0.362. The topological polar surface area (TPSA) is 78.9 Å². The number of nitrogens with zero attached hydrogens (tertiary/aromatic N) is 1. The highest BCUT2D eigenvalue weighted by Crippen LogP contribution is 2.44. The van der Waals surface area contributed by atoms with Crippen molar-refractivity contribution in [2.75, 3.05) is 13.7 Å². The monoisotopic (exact) mass is 282 g/mol. The summed E-state index contributed by atoms with van der Waals surface area (Å²) < 4.78 is 5.21. The Balaban J connectivity index is 1.63. The summed E-state index contributed by atoms with van der Waals surface area (Å²) in [5, 5.41) is 12.3. The molecule has 6 heteroatoms. The van der Waals surface area contributed by atoms with Crippen LogP contribution in [0.25, 0.3) is 0 Å². The number of rotatable bonds is 5. The zero-order chi connectivity index (χ0) is 14.3. The van der Waals surface area contributed by atoms with Crippen LogP contribution in [-0.4, -0.2) is 53.8 Å². The Kier molecular flexibility index (Phi) is 3.58. The number of amides is 2. The van der Waals surface area contributed by atoms with E-state index < -0.39 is 12.0 Å². The maximum Gasteiger partial charge on any atom is 0.326 e. The van der Waals surface area contributed by atoms with Crippen molar-refractivity contribution in [1.29, 1.82) is 0 Å². The quantitative estimate of drug-likeness (QED) is 0.790. The van der Waals surface area contributed by atoms with Gasteiger partial charge in [0.05, 0.1) is 6.10 Å². The number of ether oxygens (including phenoxy) is 1. The Morgan fingerprint density at radius 1 is 1.25 bits per heavy atom. The number of urea groups is 1. The number of hydrogen-bond acceptors (Lipinski definition) is 3. The molecule has 0 spiro atoms. The molecule has 0 aromatic carbocycles. The van der Waals surface area contributed by atoms with Gasteiger partial charge in [-0.2, -0.15) is 0 Å². The van der Waals surface area contributed by atoms with Crippen molar-refractivity contribution in [2.45, 2.75) is 50.3 Å². The lowest BCUT2D eigenvalue weighted by Crippen LogP contribution is -2.50. The molecule has 2 unspecified atom stereocenters. The minimum absolute atomic E-state index is 0.179. The van der Waals surface area contributed by atoms with Crippen LogP contribution in [0.3, 0.4) is 0 Å². The number of hydrogen-bond donors (Lipinski definition) is 2. The van der Waals surface area contributed by atoms with Gasteiger partial charge in [0, 0.05) is 26.1 Å². The summed E-state index contributed by atoms with van der Waals surface area (Å²) in [6.07, 6.45) is 4.93. The SMILES string of the molecule is COC1CC(C(=O)O)N(C(=O)NC(C2CC2)C2CC2)C1. The molecule has 0 aromatic heterocycles. The second kappa shape index (κ2) is 5.24. The number of nitrogens with one attached hydrogen (secondary N) is 1. The van der Waals surface area contributed by atoms with Gasteiger partial charge in [-0.05, 0) is 37.5 Å². The van der Waals surface area contributed by atoms with Crippen LogP contribution >= 0.6 is 0 Å². The van der Waals surface area contributed by atoms with Gasteiger partial charge in [0.25, 0.3) is 0 Å². The molecule has 2 aliphatic carbocycles. The van der Waals surface area contributed by atoms with Crippen LogP contribution in [0.15, 0.2) is 0 Å². The van der Waals surface area contributed by atoms with E-state index in [0.29, 0.717) is 24.8 Å². The first-order valence-electron chi connectivity index (χ1n) is 7.43. The molecule has 0 bridgehead atoms. The van der Waals surface area contributed by atoms with Crippen LogP contribution in [0.2, 0.25) is 0 Å². The van der Waals surface area contributed by atoms with Gasteiger partial charge < -0.3 is 20.1 Å². The first-order valence-corrected chi connectivity index (χ1v) is 7.43. The third-order valence-electron chi connectivity index (χ3n) is 4.69. The Morgan fingerprint density at radius 2 is 1.85 bits per heavy atom.